The van der Waals surface area contributed by atoms with E-state index in [1.807, 2.05) is 18.2 Å². The van der Waals surface area contributed by atoms with E-state index < -0.39 is 10.0 Å². The SMILES string of the molecule is CCCNCCS(=O)(=O)N1CCN(c2ccccn2)CC1. The van der Waals surface area contributed by atoms with E-state index in [2.05, 4.69) is 22.1 Å². The van der Waals surface area contributed by atoms with Crippen LogP contribution in [0.3, 0.4) is 0 Å². The van der Waals surface area contributed by atoms with Crippen molar-refractivity contribution in [2.24, 2.45) is 0 Å². The molecule has 1 aliphatic heterocycles. The molecule has 0 bridgehead atoms. The maximum atomic E-state index is 12.2. The van der Waals surface area contributed by atoms with E-state index >= 15 is 0 Å². The quantitative estimate of drug-likeness (QED) is 0.744. The van der Waals surface area contributed by atoms with Crippen molar-refractivity contribution in [3.63, 3.8) is 0 Å². The Balaban J connectivity index is 1.83. The van der Waals surface area contributed by atoms with Crippen molar-refractivity contribution in [1.29, 1.82) is 0 Å². The Bertz CT molecular complexity index is 513. The summed E-state index contributed by atoms with van der Waals surface area (Å²) in [6, 6.07) is 5.79. The second-order valence-electron chi connectivity index (χ2n) is 5.14. The minimum absolute atomic E-state index is 0.177. The lowest BCUT2D eigenvalue weighted by molar-refractivity contribution is 0.383. The number of rotatable bonds is 7. The highest BCUT2D eigenvalue weighted by Crippen LogP contribution is 2.14. The summed E-state index contributed by atoms with van der Waals surface area (Å²) in [7, 11) is -3.15. The molecule has 2 rings (SSSR count). The molecule has 0 aliphatic carbocycles. The van der Waals surface area contributed by atoms with Gasteiger partial charge in [-0.25, -0.2) is 13.4 Å². The number of sulfonamides is 1. The number of nitrogens with one attached hydrogen (secondary N) is 1. The van der Waals surface area contributed by atoms with Crippen LogP contribution in [0, 0.1) is 0 Å². The molecular formula is C14H24N4O2S. The van der Waals surface area contributed by atoms with Crippen molar-refractivity contribution < 1.29 is 8.42 Å². The molecule has 118 valence electrons. The van der Waals surface area contributed by atoms with Crippen LogP contribution in [0.5, 0.6) is 0 Å². The number of piperazine rings is 1. The van der Waals surface area contributed by atoms with E-state index in [0.717, 1.165) is 18.8 Å². The van der Waals surface area contributed by atoms with Crippen molar-refractivity contribution in [1.82, 2.24) is 14.6 Å². The fourth-order valence-corrected chi connectivity index (χ4v) is 3.75. The van der Waals surface area contributed by atoms with Gasteiger partial charge >= 0.3 is 0 Å². The number of hydrogen-bond acceptors (Lipinski definition) is 5. The zero-order valence-electron chi connectivity index (χ0n) is 12.5. The molecule has 1 aromatic heterocycles. The molecular weight excluding hydrogens is 288 g/mol. The maximum absolute atomic E-state index is 12.2. The zero-order valence-corrected chi connectivity index (χ0v) is 13.3. The van der Waals surface area contributed by atoms with Crippen molar-refractivity contribution in [2.45, 2.75) is 13.3 Å². The fraction of sp³-hybridized carbons (Fsp3) is 0.643. The van der Waals surface area contributed by atoms with Crippen molar-refractivity contribution >= 4 is 15.8 Å². The molecule has 0 unspecified atom stereocenters. The van der Waals surface area contributed by atoms with Gasteiger partial charge in [-0.05, 0) is 25.1 Å². The van der Waals surface area contributed by atoms with E-state index in [4.69, 9.17) is 0 Å². The van der Waals surface area contributed by atoms with Gasteiger partial charge in [-0.15, -0.1) is 0 Å². The number of aromatic nitrogens is 1. The third-order valence-electron chi connectivity index (χ3n) is 3.57. The number of hydrogen-bond donors (Lipinski definition) is 1. The van der Waals surface area contributed by atoms with Gasteiger partial charge in [-0.3, -0.25) is 0 Å². The van der Waals surface area contributed by atoms with Gasteiger partial charge in [0, 0.05) is 38.9 Å². The zero-order chi connectivity index (χ0) is 15.1. The van der Waals surface area contributed by atoms with E-state index in [-0.39, 0.29) is 5.75 Å². The van der Waals surface area contributed by atoms with Crippen LogP contribution in [0.25, 0.3) is 0 Å². The molecule has 1 N–H and O–H groups in total. The Kier molecular flexibility index (Phi) is 5.96. The highest BCUT2D eigenvalue weighted by atomic mass is 32.2. The highest BCUT2D eigenvalue weighted by Gasteiger charge is 2.26. The third-order valence-corrected chi connectivity index (χ3v) is 5.44. The van der Waals surface area contributed by atoms with E-state index in [0.29, 0.717) is 32.7 Å². The van der Waals surface area contributed by atoms with Crippen LogP contribution < -0.4 is 10.2 Å². The predicted molar refractivity (Wildman–Crippen MR) is 85.0 cm³/mol. The molecule has 2 heterocycles. The van der Waals surface area contributed by atoms with Gasteiger partial charge in [0.25, 0.3) is 0 Å². The molecule has 1 saturated heterocycles. The van der Waals surface area contributed by atoms with Crippen molar-refractivity contribution in [3.8, 4) is 0 Å². The molecule has 0 atom stereocenters. The van der Waals surface area contributed by atoms with Gasteiger partial charge in [0.1, 0.15) is 5.82 Å². The Hall–Kier alpha value is -1.18. The van der Waals surface area contributed by atoms with Gasteiger partial charge in [0.2, 0.25) is 10.0 Å². The van der Waals surface area contributed by atoms with E-state index in [9.17, 15) is 8.42 Å². The van der Waals surface area contributed by atoms with Crippen molar-refractivity contribution in [2.75, 3.05) is 49.9 Å². The first-order valence-electron chi connectivity index (χ1n) is 7.48. The molecule has 1 aliphatic rings. The average molecular weight is 312 g/mol. The van der Waals surface area contributed by atoms with Gasteiger partial charge in [0.05, 0.1) is 5.75 Å². The fourth-order valence-electron chi connectivity index (χ4n) is 2.37. The lowest BCUT2D eigenvalue weighted by Gasteiger charge is -2.34. The lowest BCUT2D eigenvalue weighted by atomic mass is 10.3. The standard InChI is InChI=1S/C14H24N4O2S/c1-2-6-15-8-13-21(19,20)18-11-9-17(10-12-18)14-5-3-4-7-16-14/h3-5,7,15H,2,6,8-13H2,1H3. The van der Waals surface area contributed by atoms with E-state index in [1.54, 1.807) is 10.5 Å². The molecule has 0 spiro atoms. The van der Waals surface area contributed by atoms with Crippen LogP contribution in [-0.2, 0) is 10.0 Å². The lowest BCUT2D eigenvalue weighted by Crippen LogP contribution is -2.50. The Labute approximate surface area is 127 Å². The summed E-state index contributed by atoms with van der Waals surface area (Å²) >= 11 is 0. The first kappa shape index (κ1) is 16.2. The predicted octanol–water partition coefficient (Wildman–Crippen LogP) is 0.533. The summed E-state index contributed by atoms with van der Waals surface area (Å²) < 4.78 is 26.1. The van der Waals surface area contributed by atoms with Crippen LogP contribution >= 0.6 is 0 Å². The Morgan fingerprint density at radius 1 is 1.19 bits per heavy atom. The third kappa shape index (κ3) is 4.66. The second kappa shape index (κ2) is 7.72. The number of anilines is 1. The molecule has 0 amide bonds. The normalized spacial score (nSPS) is 17.1. The minimum Gasteiger partial charge on any atom is -0.354 e. The molecule has 0 saturated carbocycles. The van der Waals surface area contributed by atoms with E-state index in [1.165, 1.54) is 0 Å². The molecule has 0 radical (unpaired) electrons. The summed E-state index contributed by atoms with van der Waals surface area (Å²) in [5.41, 5.74) is 0. The number of nitrogens with zero attached hydrogens (tertiary/aromatic N) is 3. The van der Waals surface area contributed by atoms with Crippen LogP contribution in [0.15, 0.2) is 24.4 Å². The monoisotopic (exact) mass is 312 g/mol. The smallest absolute Gasteiger partial charge is 0.215 e. The highest BCUT2D eigenvalue weighted by molar-refractivity contribution is 7.89. The maximum Gasteiger partial charge on any atom is 0.215 e. The van der Waals surface area contributed by atoms with Crippen LogP contribution in [0.2, 0.25) is 0 Å². The summed E-state index contributed by atoms with van der Waals surface area (Å²) in [6.07, 6.45) is 2.78. The van der Waals surface area contributed by atoms with Gasteiger partial charge < -0.3 is 10.2 Å². The first-order chi connectivity index (χ1) is 10.1. The summed E-state index contributed by atoms with van der Waals surface area (Å²) in [5.74, 6) is 1.09. The molecule has 21 heavy (non-hydrogen) atoms. The van der Waals surface area contributed by atoms with Crippen molar-refractivity contribution in [3.05, 3.63) is 24.4 Å². The largest absolute Gasteiger partial charge is 0.354 e. The summed E-state index contributed by atoms with van der Waals surface area (Å²) in [5, 5.41) is 3.14. The molecule has 0 aromatic carbocycles. The van der Waals surface area contributed by atoms with Gasteiger partial charge in [-0.2, -0.15) is 4.31 Å². The Morgan fingerprint density at radius 3 is 2.57 bits per heavy atom. The molecule has 6 nitrogen and oxygen atoms in total. The van der Waals surface area contributed by atoms with Crippen LogP contribution in [0.4, 0.5) is 5.82 Å². The summed E-state index contributed by atoms with van der Waals surface area (Å²) in [4.78, 5) is 6.43. The molecule has 7 heteroatoms. The molecule has 1 fully saturated rings. The van der Waals surface area contributed by atoms with Gasteiger partial charge in [0.15, 0.2) is 0 Å². The molecule has 1 aromatic rings. The van der Waals surface area contributed by atoms with Gasteiger partial charge in [-0.1, -0.05) is 13.0 Å². The Morgan fingerprint density at radius 2 is 1.95 bits per heavy atom. The van der Waals surface area contributed by atoms with Crippen LogP contribution in [0.1, 0.15) is 13.3 Å². The van der Waals surface area contributed by atoms with Crippen LogP contribution in [-0.4, -0.2) is 62.7 Å². The summed E-state index contributed by atoms with van der Waals surface area (Å²) in [6.45, 7) is 5.91. The minimum atomic E-state index is -3.15. The topological polar surface area (TPSA) is 65.5 Å². The first-order valence-corrected chi connectivity index (χ1v) is 9.09. The average Bonchev–Trinajstić information content (AvgIpc) is 2.53. The second-order valence-corrected chi connectivity index (χ2v) is 7.23. The number of pyridine rings is 1.